The van der Waals surface area contributed by atoms with Crippen molar-refractivity contribution in [2.75, 3.05) is 11.1 Å². The number of ether oxygens (including phenoxy) is 1. The van der Waals surface area contributed by atoms with Gasteiger partial charge in [-0.1, -0.05) is 62.0 Å². The number of rotatable bonds is 10. The van der Waals surface area contributed by atoms with E-state index in [2.05, 4.69) is 35.9 Å². The fourth-order valence-electron chi connectivity index (χ4n) is 3.04. The highest BCUT2D eigenvalue weighted by molar-refractivity contribution is 7.99. The average molecular weight is 437 g/mol. The molecular formula is C24H28N4O2S. The smallest absolute Gasteiger partial charge is 0.234 e. The number of nitrogens with zero attached hydrogens (tertiary/aromatic N) is 3. The number of allylic oxidation sites excluding steroid dienone is 1. The van der Waals surface area contributed by atoms with Crippen molar-refractivity contribution < 1.29 is 9.53 Å². The highest BCUT2D eigenvalue weighted by atomic mass is 32.2. The molecule has 6 nitrogen and oxygen atoms in total. The van der Waals surface area contributed by atoms with Crippen LogP contribution in [0.5, 0.6) is 5.75 Å². The summed E-state index contributed by atoms with van der Waals surface area (Å²) in [7, 11) is 0. The number of benzene rings is 2. The van der Waals surface area contributed by atoms with Gasteiger partial charge in [-0.25, -0.2) is 0 Å². The number of amides is 1. The van der Waals surface area contributed by atoms with Crippen LogP contribution in [0.1, 0.15) is 44.2 Å². The number of aromatic nitrogens is 3. The number of hydrogen-bond acceptors (Lipinski definition) is 5. The van der Waals surface area contributed by atoms with Crippen molar-refractivity contribution >= 4 is 23.4 Å². The van der Waals surface area contributed by atoms with Crippen LogP contribution in [0.15, 0.2) is 72.4 Å². The normalized spacial score (nSPS) is 11.9. The largest absolute Gasteiger partial charge is 0.483 e. The fourth-order valence-corrected chi connectivity index (χ4v) is 3.80. The molecule has 0 bridgehead atoms. The number of hydrogen-bond donors (Lipinski definition) is 1. The van der Waals surface area contributed by atoms with E-state index in [1.807, 2.05) is 66.1 Å². The van der Waals surface area contributed by atoms with E-state index in [-0.39, 0.29) is 17.8 Å². The number of carbonyl (C=O) groups excluding carboxylic acids is 1. The van der Waals surface area contributed by atoms with Gasteiger partial charge >= 0.3 is 0 Å². The molecule has 31 heavy (non-hydrogen) atoms. The maximum atomic E-state index is 12.4. The van der Waals surface area contributed by atoms with Crippen molar-refractivity contribution in [2.45, 2.75) is 44.5 Å². The van der Waals surface area contributed by atoms with Gasteiger partial charge in [0.2, 0.25) is 5.91 Å². The van der Waals surface area contributed by atoms with E-state index < -0.39 is 0 Å². The quantitative estimate of drug-likeness (QED) is 0.338. The molecule has 0 saturated carbocycles. The number of thioether (sulfide) groups is 1. The van der Waals surface area contributed by atoms with E-state index >= 15 is 0 Å². The van der Waals surface area contributed by atoms with Crippen molar-refractivity contribution in [1.82, 2.24) is 14.8 Å². The van der Waals surface area contributed by atoms with E-state index in [0.717, 1.165) is 11.4 Å². The molecule has 0 radical (unpaired) electrons. The molecule has 0 aliphatic carbocycles. The monoisotopic (exact) mass is 436 g/mol. The van der Waals surface area contributed by atoms with Crippen LogP contribution in [0, 0.1) is 0 Å². The predicted octanol–water partition coefficient (Wildman–Crippen LogP) is 5.46. The molecule has 0 aliphatic heterocycles. The minimum absolute atomic E-state index is 0.0921. The van der Waals surface area contributed by atoms with Gasteiger partial charge in [0.15, 0.2) is 17.1 Å². The molecule has 0 fully saturated rings. The summed E-state index contributed by atoms with van der Waals surface area (Å²) in [5, 5.41) is 12.2. The van der Waals surface area contributed by atoms with Crippen molar-refractivity contribution in [3.05, 3.63) is 78.6 Å². The van der Waals surface area contributed by atoms with Gasteiger partial charge < -0.3 is 10.1 Å². The standard InChI is InChI=1S/C24H28N4O2S/c1-5-15-28-23(18(4)30-21-9-7-6-8-10-21)26-27-24(28)31-16-22(29)25-20-13-11-19(12-14-20)17(2)3/h5-14,17-18H,1,15-16H2,2-4H3,(H,25,29)/t18-/m1/s1. The number of nitrogens with one attached hydrogen (secondary N) is 1. The van der Waals surface area contributed by atoms with Gasteiger partial charge in [-0.3, -0.25) is 9.36 Å². The molecule has 1 amide bonds. The first-order valence-corrected chi connectivity index (χ1v) is 11.2. The van der Waals surface area contributed by atoms with Gasteiger partial charge in [0.1, 0.15) is 5.75 Å². The van der Waals surface area contributed by atoms with Crippen molar-refractivity contribution in [3.8, 4) is 5.75 Å². The van der Waals surface area contributed by atoms with Gasteiger partial charge in [0.25, 0.3) is 0 Å². The molecule has 2 aromatic carbocycles. The summed E-state index contributed by atoms with van der Waals surface area (Å²) in [6.45, 7) is 10.6. The summed E-state index contributed by atoms with van der Waals surface area (Å²) in [6, 6.07) is 17.5. The maximum absolute atomic E-state index is 12.4. The Morgan fingerprint density at radius 1 is 1.13 bits per heavy atom. The summed E-state index contributed by atoms with van der Waals surface area (Å²) >= 11 is 1.34. The Hall–Kier alpha value is -3.06. The van der Waals surface area contributed by atoms with E-state index in [0.29, 0.717) is 23.4 Å². The molecule has 3 aromatic rings. The van der Waals surface area contributed by atoms with Crippen LogP contribution in [-0.2, 0) is 11.3 Å². The lowest BCUT2D eigenvalue weighted by Gasteiger charge is -2.15. The molecule has 162 valence electrons. The van der Waals surface area contributed by atoms with Gasteiger partial charge in [-0.15, -0.1) is 16.8 Å². The van der Waals surface area contributed by atoms with Crippen LogP contribution >= 0.6 is 11.8 Å². The van der Waals surface area contributed by atoms with Gasteiger partial charge in [0, 0.05) is 12.2 Å². The van der Waals surface area contributed by atoms with Crippen molar-refractivity contribution in [1.29, 1.82) is 0 Å². The number of para-hydroxylation sites is 1. The molecule has 1 atom stereocenters. The highest BCUT2D eigenvalue weighted by Crippen LogP contribution is 2.25. The minimum atomic E-state index is -0.294. The van der Waals surface area contributed by atoms with Gasteiger partial charge in [-0.2, -0.15) is 0 Å². The Balaban J connectivity index is 1.63. The minimum Gasteiger partial charge on any atom is -0.483 e. The second-order valence-electron chi connectivity index (χ2n) is 7.43. The van der Waals surface area contributed by atoms with Crippen LogP contribution in [0.3, 0.4) is 0 Å². The van der Waals surface area contributed by atoms with Crippen LogP contribution < -0.4 is 10.1 Å². The molecule has 1 N–H and O–H groups in total. The second kappa shape index (κ2) is 10.8. The van der Waals surface area contributed by atoms with Crippen molar-refractivity contribution in [2.24, 2.45) is 0 Å². The van der Waals surface area contributed by atoms with E-state index in [1.165, 1.54) is 17.3 Å². The highest BCUT2D eigenvalue weighted by Gasteiger charge is 2.19. The molecule has 0 unspecified atom stereocenters. The van der Waals surface area contributed by atoms with Crippen LogP contribution in [0.4, 0.5) is 5.69 Å². The van der Waals surface area contributed by atoms with Crippen LogP contribution in [0.25, 0.3) is 0 Å². The average Bonchev–Trinajstić information content (AvgIpc) is 3.16. The summed E-state index contributed by atoms with van der Waals surface area (Å²) in [5.41, 5.74) is 2.03. The maximum Gasteiger partial charge on any atom is 0.234 e. The first kappa shape index (κ1) is 22.6. The van der Waals surface area contributed by atoms with E-state index in [9.17, 15) is 4.79 Å². The topological polar surface area (TPSA) is 69.0 Å². The zero-order valence-corrected chi connectivity index (χ0v) is 18.9. The zero-order valence-electron chi connectivity index (χ0n) is 18.1. The zero-order chi connectivity index (χ0) is 22.2. The molecule has 0 aliphatic rings. The summed E-state index contributed by atoms with van der Waals surface area (Å²) < 4.78 is 7.91. The molecule has 1 heterocycles. The lowest BCUT2D eigenvalue weighted by atomic mass is 10.0. The van der Waals surface area contributed by atoms with Gasteiger partial charge in [0.05, 0.1) is 5.75 Å². The van der Waals surface area contributed by atoms with E-state index in [1.54, 1.807) is 6.08 Å². The summed E-state index contributed by atoms with van der Waals surface area (Å²) in [4.78, 5) is 12.4. The fraction of sp³-hybridized carbons (Fsp3) is 0.292. The Labute approximate surface area is 187 Å². The lowest BCUT2D eigenvalue weighted by Crippen LogP contribution is -2.15. The van der Waals surface area contributed by atoms with E-state index in [4.69, 9.17) is 4.74 Å². The SMILES string of the molecule is C=CCn1c(SCC(=O)Nc2ccc(C(C)C)cc2)nnc1[C@@H](C)Oc1ccccc1. The molecule has 0 saturated heterocycles. The Morgan fingerprint density at radius 3 is 2.48 bits per heavy atom. The van der Waals surface area contributed by atoms with Crippen LogP contribution in [-0.4, -0.2) is 26.4 Å². The first-order chi connectivity index (χ1) is 15.0. The second-order valence-corrected chi connectivity index (χ2v) is 8.37. The predicted molar refractivity (Wildman–Crippen MR) is 126 cm³/mol. The van der Waals surface area contributed by atoms with Gasteiger partial charge in [-0.05, 0) is 42.7 Å². The summed E-state index contributed by atoms with van der Waals surface area (Å²) in [5.74, 6) is 2.05. The molecule has 1 aromatic heterocycles. The first-order valence-electron chi connectivity index (χ1n) is 10.3. The van der Waals surface area contributed by atoms with Crippen molar-refractivity contribution in [3.63, 3.8) is 0 Å². The Morgan fingerprint density at radius 2 is 1.84 bits per heavy atom. The van der Waals surface area contributed by atoms with Crippen LogP contribution in [0.2, 0.25) is 0 Å². The molecular weight excluding hydrogens is 408 g/mol. The third-order valence-electron chi connectivity index (χ3n) is 4.67. The lowest BCUT2D eigenvalue weighted by molar-refractivity contribution is -0.113. The Kier molecular flexibility index (Phi) is 7.89. The summed E-state index contributed by atoms with van der Waals surface area (Å²) in [6.07, 6.45) is 1.49. The Bertz CT molecular complexity index is 1000. The molecule has 3 rings (SSSR count). The number of anilines is 1. The number of carbonyl (C=O) groups is 1. The third kappa shape index (κ3) is 6.21. The molecule has 0 spiro atoms. The molecule has 7 heteroatoms. The third-order valence-corrected chi connectivity index (χ3v) is 5.64.